The van der Waals surface area contributed by atoms with Crippen molar-refractivity contribution in [1.82, 2.24) is 29.5 Å². The van der Waals surface area contributed by atoms with E-state index in [0.29, 0.717) is 55.2 Å². The van der Waals surface area contributed by atoms with E-state index in [-0.39, 0.29) is 29.2 Å². The van der Waals surface area contributed by atoms with Crippen LogP contribution < -0.4 is 5.56 Å². The standard InChI is InChI=1S/C23H30N6O3/c1-3-8-29-14(2)18(11-24-29)23(32)27-9-6-16(12-27)20-25-19-13-28(22(31)15-4-5-15)10-7-17(19)21(30)26-20/h11,15-16H,3-10,12-13H2,1-2H3,(H,25,26,30)/t16-/m0/s1. The van der Waals surface area contributed by atoms with Gasteiger partial charge >= 0.3 is 0 Å². The van der Waals surface area contributed by atoms with Gasteiger partial charge in [-0.15, -0.1) is 0 Å². The Morgan fingerprint density at radius 1 is 1.19 bits per heavy atom. The molecule has 1 saturated heterocycles. The van der Waals surface area contributed by atoms with E-state index < -0.39 is 0 Å². The Labute approximate surface area is 186 Å². The molecule has 0 spiro atoms. The van der Waals surface area contributed by atoms with E-state index >= 15 is 0 Å². The lowest BCUT2D eigenvalue weighted by molar-refractivity contribution is -0.133. The molecule has 170 valence electrons. The van der Waals surface area contributed by atoms with Gasteiger partial charge in [0.1, 0.15) is 5.82 Å². The van der Waals surface area contributed by atoms with Crippen LogP contribution in [0.4, 0.5) is 0 Å². The van der Waals surface area contributed by atoms with E-state index in [1.54, 1.807) is 6.20 Å². The lowest BCUT2D eigenvalue weighted by atomic mass is 10.0. The summed E-state index contributed by atoms with van der Waals surface area (Å²) >= 11 is 0. The van der Waals surface area contributed by atoms with Crippen LogP contribution in [0.25, 0.3) is 0 Å². The van der Waals surface area contributed by atoms with E-state index in [9.17, 15) is 14.4 Å². The predicted octanol–water partition coefficient (Wildman–Crippen LogP) is 1.61. The van der Waals surface area contributed by atoms with Crippen molar-refractivity contribution in [2.75, 3.05) is 19.6 Å². The summed E-state index contributed by atoms with van der Waals surface area (Å²) in [6.45, 7) is 6.94. The number of carbonyl (C=O) groups is 2. The summed E-state index contributed by atoms with van der Waals surface area (Å²) in [6.07, 6.45) is 5.86. The highest BCUT2D eigenvalue weighted by atomic mass is 16.2. The highest BCUT2D eigenvalue weighted by Gasteiger charge is 2.36. The first kappa shape index (κ1) is 20.9. The number of nitrogens with zero attached hydrogens (tertiary/aromatic N) is 5. The molecule has 2 amide bonds. The number of nitrogens with one attached hydrogen (secondary N) is 1. The van der Waals surface area contributed by atoms with Crippen LogP contribution in [0.1, 0.15) is 71.7 Å². The molecule has 1 saturated carbocycles. The van der Waals surface area contributed by atoms with Gasteiger partial charge in [-0.25, -0.2) is 4.98 Å². The van der Waals surface area contributed by atoms with Crippen molar-refractivity contribution in [3.05, 3.63) is 44.9 Å². The molecule has 2 aromatic heterocycles. The molecule has 0 aromatic carbocycles. The number of fused-ring (bicyclic) bond motifs is 1. The molecule has 2 fully saturated rings. The lowest BCUT2D eigenvalue weighted by Crippen LogP contribution is -2.40. The number of carbonyl (C=O) groups excluding carboxylic acids is 2. The second-order valence-electron chi connectivity index (χ2n) is 9.26. The van der Waals surface area contributed by atoms with Crippen molar-refractivity contribution in [2.24, 2.45) is 5.92 Å². The van der Waals surface area contributed by atoms with E-state index in [2.05, 4.69) is 17.0 Å². The van der Waals surface area contributed by atoms with Crippen molar-refractivity contribution in [1.29, 1.82) is 0 Å². The molecule has 4 heterocycles. The third kappa shape index (κ3) is 3.73. The maximum absolute atomic E-state index is 13.1. The third-order valence-corrected chi connectivity index (χ3v) is 6.96. The van der Waals surface area contributed by atoms with E-state index in [0.717, 1.165) is 37.9 Å². The SMILES string of the molecule is CCCn1ncc(C(=O)N2CC[C@H](c3nc4c(c(=O)[nH]3)CCN(C(=O)C3CC3)C4)C2)c1C. The van der Waals surface area contributed by atoms with Gasteiger partial charge in [0.05, 0.1) is 24.0 Å². The fraction of sp³-hybridized carbons (Fsp3) is 0.609. The quantitative estimate of drug-likeness (QED) is 0.764. The van der Waals surface area contributed by atoms with Gasteiger partial charge in [0.15, 0.2) is 0 Å². The van der Waals surface area contributed by atoms with Gasteiger partial charge in [-0.2, -0.15) is 5.10 Å². The smallest absolute Gasteiger partial charge is 0.257 e. The van der Waals surface area contributed by atoms with Gasteiger partial charge < -0.3 is 14.8 Å². The molecule has 1 atom stereocenters. The van der Waals surface area contributed by atoms with Crippen molar-refractivity contribution in [3.8, 4) is 0 Å². The summed E-state index contributed by atoms with van der Waals surface area (Å²) in [5.41, 5.74) is 2.83. The highest BCUT2D eigenvalue weighted by molar-refractivity contribution is 5.95. The van der Waals surface area contributed by atoms with Gasteiger partial charge in [-0.3, -0.25) is 19.1 Å². The Hall–Kier alpha value is -2.97. The fourth-order valence-corrected chi connectivity index (χ4v) is 4.86. The fourth-order valence-electron chi connectivity index (χ4n) is 4.86. The average molecular weight is 439 g/mol. The minimum absolute atomic E-state index is 0.0162. The summed E-state index contributed by atoms with van der Waals surface area (Å²) in [4.78, 5) is 49.7. The van der Waals surface area contributed by atoms with Crippen LogP contribution in [0.5, 0.6) is 0 Å². The number of aryl methyl sites for hydroxylation is 1. The van der Waals surface area contributed by atoms with Crippen LogP contribution in [0.15, 0.2) is 11.0 Å². The zero-order valence-electron chi connectivity index (χ0n) is 18.8. The van der Waals surface area contributed by atoms with Crippen LogP contribution in [-0.4, -0.2) is 61.0 Å². The topological polar surface area (TPSA) is 104 Å². The van der Waals surface area contributed by atoms with Gasteiger partial charge in [0.25, 0.3) is 11.5 Å². The average Bonchev–Trinajstić information content (AvgIpc) is 3.41. The number of hydrogen-bond donors (Lipinski definition) is 1. The van der Waals surface area contributed by atoms with E-state index in [1.165, 1.54) is 0 Å². The molecule has 1 N–H and O–H groups in total. The van der Waals surface area contributed by atoms with Crippen molar-refractivity contribution in [3.63, 3.8) is 0 Å². The molecule has 3 aliphatic rings. The molecule has 1 aliphatic carbocycles. The molecule has 32 heavy (non-hydrogen) atoms. The van der Waals surface area contributed by atoms with E-state index in [4.69, 9.17) is 4.98 Å². The number of rotatable bonds is 5. The largest absolute Gasteiger partial charge is 0.338 e. The van der Waals surface area contributed by atoms with E-state index in [1.807, 2.05) is 21.4 Å². The first-order valence-corrected chi connectivity index (χ1v) is 11.7. The molecule has 2 aromatic rings. The van der Waals surface area contributed by atoms with Gasteiger partial charge in [-0.05, 0) is 39.0 Å². The molecule has 9 heteroatoms. The van der Waals surface area contributed by atoms with Crippen molar-refractivity contribution < 1.29 is 9.59 Å². The summed E-state index contributed by atoms with van der Waals surface area (Å²) in [5, 5.41) is 4.35. The Balaban J connectivity index is 1.32. The Morgan fingerprint density at radius 2 is 2.00 bits per heavy atom. The number of amides is 2. The number of aromatic nitrogens is 4. The van der Waals surface area contributed by atoms with Crippen LogP contribution in [-0.2, 0) is 24.3 Å². The predicted molar refractivity (Wildman–Crippen MR) is 117 cm³/mol. The molecule has 0 bridgehead atoms. The molecule has 5 rings (SSSR count). The maximum atomic E-state index is 13.1. The first-order valence-electron chi connectivity index (χ1n) is 11.7. The zero-order chi connectivity index (χ0) is 22.4. The number of H-pyrrole nitrogens is 1. The molecule has 0 unspecified atom stereocenters. The second kappa shape index (κ2) is 8.18. The summed E-state index contributed by atoms with van der Waals surface area (Å²) in [7, 11) is 0. The molecular formula is C23H30N6O3. The maximum Gasteiger partial charge on any atom is 0.257 e. The minimum Gasteiger partial charge on any atom is -0.338 e. The molecule has 0 radical (unpaired) electrons. The minimum atomic E-state index is -0.106. The normalized spacial score (nSPS) is 20.5. The summed E-state index contributed by atoms with van der Waals surface area (Å²) < 4.78 is 1.87. The van der Waals surface area contributed by atoms with Crippen molar-refractivity contribution >= 4 is 11.8 Å². The number of likely N-dealkylation sites (tertiary alicyclic amines) is 1. The Morgan fingerprint density at radius 3 is 2.75 bits per heavy atom. The van der Waals surface area contributed by atoms with Gasteiger partial charge in [-0.1, -0.05) is 6.92 Å². The molecular weight excluding hydrogens is 408 g/mol. The van der Waals surface area contributed by atoms with Crippen LogP contribution in [0.3, 0.4) is 0 Å². The zero-order valence-corrected chi connectivity index (χ0v) is 18.8. The second-order valence-corrected chi connectivity index (χ2v) is 9.26. The monoisotopic (exact) mass is 438 g/mol. The van der Waals surface area contributed by atoms with Gasteiger partial charge in [0.2, 0.25) is 5.91 Å². The van der Waals surface area contributed by atoms with Crippen LogP contribution in [0.2, 0.25) is 0 Å². The Kier molecular flexibility index (Phi) is 5.35. The molecule has 2 aliphatic heterocycles. The summed E-state index contributed by atoms with van der Waals surface area (Å²) in [6, 6.07) is 0. The first-order chi connectivity index (χ1) is 15.5. The lowest BCUT2D eigenvalue weighted by Gasteiger charge is -2.28. The number of aromatic amines is 1. The van der Waals surface area contributed by atoms with Crippen LogP contribution >= 0.6 is 0 Å². The summed E-state index contributed by atoms with van der Waals surface area (Å²) in [5.74, 6) is 0.947. The van der Waals surface area contributed by atoms with Crippen LogP contribution in [0, 0.1) is 12.8 Å². The number of hydrogen-bond acceptors (Lipinski definition) is 5. The van der Waals surface area contributed by atoms with Crippen molar-refractivity contribution in [2.45, 2.75) is 65.0 Å². The van der Waals surface area contributed by atoms with Gasteiger partial charge in [0, 0.05) is 49.3 Å². The third-order valence-electron chi connectivity index (χ3n) is 6.96. The highest BCUT2D eigenvalue weighted by Crippen LogP contribution is 2.33. The molecule has 9 nitrogen and oxygen atoms in total. The Bertz CT molecular complexity index is 1120.